The molecule has 0 aliphatic heterocycles. The summed E-state index contributed by atoms with van der Waals surface area (Å²) in [5.41, 5.74) is 6.34. The molecule has 0 bridgehead atoms. The standard InChI is InChI=1S/C21H22N4O/c1-14-7-10-17(11-8-14)25-15(2)20(23-24-25)13-21(26)22-19-12-9-16-5-3-4-6-18(16)19/h3-8,10-11,19H,9,12-13H2,1-2H3,(H,22,26)/t19-/m0/s1. The van der Waals surface area contributed by atoms with Crippen LogP contribution in [-0.2, 0) is 17.6 Å². The number of amides is 1. The van der Waals surface area contributed by atoms with Gasteiger partial charge >= 0.3 is 0 Å². The summed E-state index contributed by atoms with van der Waals surface area (Å²) in [6.07, 6.45) is 2.22. The van der Waals surface area contributed by atoms with E-state index in [1.54, 1.807) is 4.68 Å². The summed E-state index contributed by atoms with van der Waals surface area (Å²) in [4.78, 5) is 12.5. The molecule has 5 nitrogen and oxygen atoms in total. The van der Waals surface area contributed by atoms with Crippen molar-refractivity contribution in [2.24, 2.45) is 0 Å². The lowest BCUT2D eigenvalue weighted by Crippen LogP contribution is -2.28. The number of hydrogen-bond donors (Lipinski definition) is 1. The first-order valence-electron chi connectivity index (χ1n) is 8.97. The molecule has 3 aromatic rings. The van der Waals surface area contributed by atoms with Crippen LogP contribution in [0.25, 0.3) is 5.69 Å². The lowest BCUT2D eigenvalue weighted by Gasteiger charge is -2.13. The van der Waals surface area contributed by atoms with Gasteiger partial charge in [-0.25, -0.2) is 4.68 Å². The van der Waals surface area contributed by atoms with Gasteiger partial charge in [-0.3, -0.25) is 4.79 Å². The van der Waals surface area contributed by atoms with Gasteiger partial charge in [0.2, 0.25) is 5.91 Å². The highest BCUT2D eigenvalue weighted by molar-refractivity contribution is 5.79. The first-order chi connectivity index (χ1) is 12.6. The van der Waals surface area contributed by atoms with E-state index in [4.69, 9.17) is 0 Å². The second-order valence-electron chi connectivity index (χ2n) is 6.90. The number of carbonyl (C=O) groups is 1. The molecule has 1 aliphatic rings. The van der Waals surface area contributed by atoms with Gasteiger partial charge in [-0.15, -0.1) is 5.10 Å². The minimum atomic E-state index is -0.00856. The van der Waals surface area contributed by atoms with Crippen molar-refractivity contribution in [3.05, 3.63) is 76.6 Å². The second-order valence-corrected chi connectivity index (χ2v) is 6.90. The Morgan fingerprint density at radius 3 is 2.73 bits per heavy atom. The van der Waals surface area contributed by atoms with E-state index >= 15 is 0 Å². The molecule has 4 rings (SSSR count). The van der Waals surface area contributed by atoms with E-state index < -0.39 is 0 Å². The summed E-state index contributed by atoms with van der Waals surface area (Å²) in [6.45, 7) is 4.00. The topological polar surface area (TPSA) is 59.8 Å². The number of aromatic nitrogens is 3. The molecule has 26 heavy (non-hydrogen) atoms. The van der Waals surface area contributed by atoms with Crippen LogP contribution >= 0.6 is 0 Å². The van der Waals surface area contributed by atoms with Gasteiger partial charge in [-0.2, -0.15) is 0 Å². The molecule has 0 unspecified atom stereocenters. The van der Waals surface area contributed by atoms with Gasteiger partial charge in [0, 0.05) is 0 Å². The third-order valence-electron chi connectivity index (χ3n) is 5.06. The van der Waals surface area contributed by atoms with Gasteiger partial charge in [0.15, 0.2) is 0 Å². The lowest BCUT2D eigenvalue weighted by molar-refractivity contribution is -0.121. The summed E-state index contributed by atoms with van der Waals surface area (Å²) < 4.78 is 1.78. The fourth-order valence-electron chi connectivity index (χ4n) is 3.56. The summed E-state index contributed by atoms with van der Waals surface area (Å²) in [6, 6.07) is 16.5. The Morgan fingerprint density at radius 1 is 1.15 bits per heavy atom. The summed E-state index contributed by atoms with van der Waals surface area (Å²) in [7, 11) is 0. The Bertz CT molecular complexity index is 943. The highest BCUT2D eigenvalue weighted by atomic mass is 16.1. The first kappa shape index (κ1) is 16.5. The fourth-order valence-corrected chi connectivity index (χ4v) is 3.56. The van der Waals surface area contributed by atoms with E-state index in [1.165, 1.54) is 16.7 Å². The maximum absolute atomic E-state index is 12.5. The zero-order valence-electron chi connectivity index (χ0n) is 15.1. The Labute approximate surface area is 153 Å². The maximum Gasteiger partial charge on any atom is 0.226 e. The lowest BCUT2D eigenvalue weighted by atomic mass is 10.1. The number of carbonyl (C=O) groups excluding carboxylic acids is 1. The molecule has 1 amide bonds. The predicted octanol–water partition coefficient (Wildman–Crippen LogP) is 3.23. The Balaban J connectivity index is 1.46. The normalized spacial score (nSPS) is 15.7. The van der Waals surface area contributed by atoms with Gasteiger partial charge in [-0.1, -0.05) is 47.2 Å². The van der Waals surface area contributed by atoms with Crippen LogP contribution in [0.2, 0.25) is 0 Å². The van der Waals surface area contributed by atoms with Crippen LogP contribution in [0.3, 0.4) is 0 Å². The Kier molecular flexibility index (Phi) is 4.29. The quantitative estimate of drug-likeness (QED) is 0.789. The molecule has 1 aromatic heterocycles. The molecule has 132 valence electrons. The van der Waals surface area contributed by atoms with Crippen LogP contribution in [0.4, 0.5) is 0 Å². The number of nitrogens with one attached hydrogen (secondary N) is 1. The molecular weight excluding hydrogens is 324 g/mol. The molecule has 0 spiro atoms. The van der Waals surface area contributed by atoms with Crippen LogP contribution in [-0.4, -0.2) is 20.9 Å². The highest BCUT2D eigenvalue weighted by Crippen LogP contribution is 2.30. The van der Waals surface area contributed by atoms with Crippen LogP contribution in [0, 0.1) is 13.8 Å². The van der Waals surface area contributed by atoms with E-state index in [0.717, 1.165) is 24.2 Å². The van der Waals surface area contributed by atoms with Crippen LogP contribution in [0.1, 0.15) is 40.5 Å². The summed E-state index contributed by atoms with van der Waals surface area (Å²) in [5.74, 6) is -0.00856. The minimum absolute atomic E-state index is 0.00856. The smallest absolute Gasteiger partial charge is 0.226 e. The molecule has 0 fully saturated rings. The van der Waals surface area contributed by atoms with Crippen molar-refractivity contribution in [3.8, 4) is 5.69 Å². The average molecular weight is 346 g/mol. The zero-order chi connectivity index (χ0) is 18.1. The monoisotopic (exact) mass is 346 g/mol. The summed E-state index contributed by atoms with van der Waals surface area (Å²) in [5, 5.41) is 11.6. The molecule has 2 aromatic carbocycles. The van der Waals surface area contributed by atoms with E-state index in [1.807, 2.05) is 37.3 Å². The van der Waals surface area contributed by atoms with E-state index in [-0.39, 0.29) is 18.4 Å². The number of benzene rings is 2. The third-order valence-corrected chi connectivity index (χ3v) is 5.06. The van der Waals surface area contributed by atoms with Crippen LogP contribution < -0.4 is 5.32 Å². The van der Waals surface area contributed by atoms with E-state index in [2.05, 4.69) is 40.8 Å². The second kappa shape index (κ2) is 6.75. The number of rotatable bonds is 4. The summed E-state index contributed by atoms with van der Waals surface area (Å²) >= 11 is 0. The SMILES string of the molecule is Cc1ccc(-n2nnc(CC(=O)N[C@H]3CCc4ccccc43)c2C)cc1. The van der Waals surface area contributed by atoms with Crippen molar-refractivity contribution in [1.82, 2.24) is 20.3 Å². The highest BCUT2D eigenvalue weighted by Gasteiger charge is 2.24. The van der Waals surface area contributed by atoms with E-state index in [0.29, 0.717) is 5.69 Å². The van der Waals surface area contributed by atoms with Crippen LogP contribution in [0.15, 0.2) is 48.5 Å². The third kappa shape index (κ3) is 3.12. The van der Waals surface area contributed by atoms with Crippen molar-refractivity contribution in [3.63, 3.8) is 0 Å². The molecule has 0 saturated carbocycles. The largest absolute Gasteiger partial charge is 0.349 e. The number of fused-ring (bicyclic) bond motifs is 1. The molecule has 1 heterocycles. The molecule has 5 heteroatoms. The van der Waals surface area contributed by atoms with Crippen molar-refractivity contribution in [1.29, 1.82) is 0 Å². The average Bonchev–Trinajstić information content (AvgIpc) is 3.21. The van der Waals surface area contributed by atoms with Gasteiger partial charge < -0.3 is 5.32 Å². The number of nitrogens with zero attached hydrogens (tertiary/aromatic N) is 3. The van der Waals surface area contributed by atoms with E-state index in [9.17, 15) is 4.79 Å². The first-order valence-corrected chi connectivity index (χ1v) is 8.97. The zero-order valence-corrected chi connectivity index (χ0v) is 15.1. The van der Waals surface area contributed by atoms with Crippen molar-refractivity contribution in [2.75, 3.05) is 0 Å². The van der Waals surface area contributed by atoms with Crippen molar-refractivity contribution >= 4 is 5.91 Å². The Morgan fingerprint density at radius 2 is 1.92 bits per heavy atom. The number of aryl methyl sites for hydroxylation is 2. The molecule has 1 aliphatic carbocycles. The molecule has 0 saturated heterocycles. The molecule has 1 N–H and O–H groups in total. The predicted molar refractivity (Wildman–Crippen MR) is 100 cm³/mol. The molecule has 0 radical (unpaired) electrons. The van der Waals surface area contributed by atoms with Gasteiger partial charge in [0.05, 0.1) is 29.5 Å². The molecule has 1 atom stereocenters. The fraction of sp³-hybridized carbons (Fsp3) is 0.286. The maximum atomic E-state index is 12.5. The van der Waals surface area contributed by atoms with Crippen molar-refractivity contribution in [2.45, 2.75) is 39.2 Å². The van der Waals surface area contributed by atoms with Crippen LogP contribution in [0.5, 0.6) is 0 Å². The Hall–Kier alpha value is -2.95. The van der Waals surface area contributed by atoms with Gasteiger partial charge in [-0.05, 0) is 49.9 Å². The molecular formula is C21H22N4O. The minimum Gasteiger partial charge on any atom is -0.349 e. The van der Waals surface area contributed by atoms with Gasteiger partial charge in [0.25, 0.3) is 0 Å². The number of hydrogen-bond acceptors (Lipinski definition) is 3. The van der Waals surface area contributed by atoms with Crippen molar-refractivity contribution < 1.29 is 4.79 Å². The van der Waals surface area contributed by atoms with Gasteiger partial charge in [0.1, 0.15) is 0 Å².